The van der Waals surface area contributed by atoms with Crippen LogP contribution in [0.2, 0.25) is 0 Å². The minimum absolute atomic E-state index is 0.0170. The number of nitrogens with one attached hydrogen (secondary N) is 2. The van der Waals surface area contributed by atoms with Crippen molar-refractivity contribution >= 4 is 21.6 Å². The zero-order chi connectivity index (χ0) is 26.3. The minimum atomic E-state index is -3.56. The zero-order valence-corrected chi connectivity index (χ0v) is 22.3. The molecule has 198 valence electrons. The quantitative estimate of drug-likeness (QED) is 0.409. The summed E-state index contributed by atoms with van der Waals surface area (Å²) in [5.74, 6) is 1.34. The maximum absolute atomic E-state index is 13.4. The molecule has 3 aliphatic rings. The Hall–Kier alpha value is -3.36. The van der Waals surface area contributed by atoms with Crippen LogP contribution in [0.4, 0.5) is 5.69 Å². The fraction of sp³-hybridized carbons (Fsp3) is 0.367. The van der Waals surface area contributed by atoms with E-state index >= 15 is 0 Å². The van der Waals surface area contributed by atoms with Gasteiger partial charge in [0.25, 0.3) is 0 Å². The van der Waals surface area contributed by atoms with Crippen molar-refractivity contribution < 1.29 is 22.7 Å². The van der Waals surface area contributed by atoms with E-state index in [0.29, 0.717) is 17.2 Å². The van der Waals surface area contributed by atoms with Gasteiger partial charge in [-0.25, -0.2) is 13.1 Å². The van der Waals surface area contributed by atoms with Crippen molar-refractivity contribution in [3.63, 3.8) is 0 Å². The average Bonchev–Trinajstić information content (AvgIpc) is 3.61. The second-order valence-electron chi connectivity index (χ2n) is 10.6. The van der Waals surface area contributed by atoms with Crippen LogP contribution in [0, 0.1) is 6.92 Å². The molecule has 1 heterocycles. The van der Waals surface area contributed by atoms with Crippen LogP contribution in [0.5, 0.6) is 11.5 Å². The summed E-state index contributed by atoms with van der Waals surface area (Å²) in [6.45, 7) is 2.21. The summed E-state index contributed by atoms with van der Waals surface area (Å²) in [5.41, 5.74) is 3.96. The number of amides is 1. The fourth-order valence-corrected chi connectivity index (χ4v) is 6.85. The minimum Gasteiger partial charge on any atom is -0.454 e. The van der Waals surface area contributed by atoms with E-state index in [1.54, 1.807) is 12.1 Å². The standard InChI is InChI=1S/C30H32N2O5S/c1-20-7-11-24(31-29(33)30(15-16-30)22-10-14-27-28(17-22)37-19-36-27)18-26(20)21-8-12-25(13-9-21)38(34,35)32-23-5-3-2-4-6-23/h7-14,17-18,23,32H,2-6,15-16,19H2,1H3,(H,31,33). The highest BCUT2D eigenvalue weighted by Crippen LogP contribution is 2.51. The third-order valence-electron chi connectivity index (χ3n) is 8.01. The number of rotatable bonds is 7. The molecule has 0 spiro atoms. The Morgan fingerprint density at radius 2 is 1.63 bits per heavy atom. The Kier molecular flexibility index (Phi) is 6.40. The van der Waals surface area contributed by atoms with Crippen LogP contribution >= 0.6 is 0 Å². The molecular weight excluding hydrogens is 500 g/mol. The van der Waals surface area contributed by atoms with Gasteiger partial charge in [-0.05, 0) is 91.3 Å². The molecule has 0 bridgehead atoms. The van der Waals surface area contributed by atoms with Crippen LogP contribution in [0.3, 0.4) is 0 Å². The van der Waals surface area contributed by atoms with Gasteiger partial charge in [-0.3, -0.25) is 4.79 Å². The van der Waals surface area contributed by atoms with Crippen molar-refractivity contribution in [1.82, 2.24) is 4.72 Å². The normalized spacial score (nSPS) is 18.2. The van der Waals surface area contributed by atoms with Crippen molar-refractivity contribution in [3.05, 3.63) is 71.8 Å². The van der Waals surface area contributed by atoms with Gasteiger partial charge >= 0.3 is 0 Å². The lowest BCUT2D eigenvalue weighted by Crippen LogP contribution is -2.36. The van der Waals surface area contributed by atoms with Gasteiger partial charge in [-0.1, -0.05) is 43.5 Å². The van der Waals surface area contributed by atoms with Crippen molar-refractivity contribution in [2.45, 2.75) is 68.2 Å². The first-order valence-corrected chi connectivity index (χ1v) is 14.8. The number of carbonyl (C=O) groups is 1. The van der Waals surface area contributed by atoms with Crippen LogP contribution < -0.4 is 19.5 Å². The van der Waals surface area contributed by atoms with Gasteiger partial charge in [-0.15, -0.1) is 0 Å². The number of carbonyl (C=O) groups excluding carboxylic acids is 1. The van der Waals surface area contributed by atoms with Crippen LogP contribution in [0.15, 0.2) is 65.6 Å². The van der Waals surface area contributed by atoms with Crippen molar-refractivity contribution in [1.29, 1.82) is 0 Å². The Morgan fingerprint density at radius 1 is 0.895 bits per heavy atom. The predicted molar refractivity (Wildman–Crippen MR) is 146 cm³/mol. The van der Waals surface area contributed by atoms with E-state index in [9.17, 15) is 13.2 Å². The monoisotopic (exact) mass is 532 g/mol. The predicted octanol–water partition coefficient (Wildman–Crippen LogP) is 5.67. The van der Waals surface area contributed by atoms with Gasteiger partial charge in [0.15, 0.2) is 11.5 Å². The Labute approximate surface area is 223 Å². The summed E-state index contributed by atoms with van der Waals surface area (Å²) in [5, 5.41) is 3.11. The van der Waals surface area contributed by atoms with E-state index in [0.717, 1.165) is 60.8 Å². The second-order valence-corrected chi connectivity index (χ2v) is 12.3. The highest BCUT2D eigenvalue weighted by molar-refractivity contribution is 7.89. The summed E-state index contributed by atoms with van der Waals surface area (Å²) in [6.07, 6.45) is 6.65. The first-order chi connectivity index (χ1) is 18.3. The molecule has 8 heteroatoms. The van der Waals surface area contributed by atoms with Crippen LogP contribution in [-0.2, 0) is 20.2 Å². The number of hydrogen-bond donors (Lipinski definition) is 2. The van der Waals surface area contributed by atoms with Gasteiger partial charge in [0.2, 0.25) is 22.7 Å². The number of anilines is 1. The summed E-state index contributed by atoms with van der Waals surface area (Å²) in [4.78, 5) is 13.7. The van der Waals surface area contributed by atoms with Crippen molar-refractivity contribution in [2.24, 2.45) is 0 Å². The molecule has 2 fully saturated rings. The third kappa shape index (κ3) is 4.78. The Bertz CT molecular complexity index is 1470. The van der Waals surface area contributed by atoms with Gasteiger partial charge in [0.1, 0.15) is 0 Å². The molecule has 0 unspecified atom stereocenters. The number of hydrogen-bond acceptors (Lipinski definition) is 5. The number of benzene rings is 3. The van der Waals surface area contributed by atoms with E-state index in [1.165, 1.54) is 6.42 Å². The molecule has 38 heavy (non-hydrogen) atoms. The van der Waals surface area contributed by atoms with Gasteiger partial charge < -0.3 is 14.8 Å². The van der Waals surface area contributed by atoms with Crippen molar-refractivity contribution in [2.75, 3.05) is 12.1 Å². The van der Waals surface area contributed by atoms with E-state index in [4.69, 9.17) is 9.47 Å². The molecule has 6 rings (SSSR count). The van der Waals surface area contributed by atoms with Crippen LogP contribution in [0.1, 0.15) is 56.1 Å². The molecule has 3 aromatic carbocycles. The number of ether oxygens (including phenoxy) is 2. The Morgan fingerprint density at radius 3 is 2.37 bits per heavy atom. The number of sulfonamides is 1. The largest absolute Gasteiger partial charge is 0.454 e. The first kappa shape index (κ1) is 24.9. The smallest absolute Gasteiger partial charge is 0.240 e. The first-order valence-electron chi connectivity index (χ1n) is 13.3. The fourth-order valence-electron chi connectivity index (χ4n) is 5.55. The molecule has 0 atom stereocenters. The molecule has 3 aromatic rings. The molecule has 0 radical (unpaired) electrons. The molecule has 0 aromatic heterocycles. The lowest BCUT2D eigenvalue weighted by atomic mass is 9.94. The second kappa shape index (κ2) is 9.75. The van der Waals surface area contributed by atoms with Gasteiger partial charge in [0, 0.05) is 11.7 Å². The lowest BCUT2D eigenvalue weighted by molar-refractivity contribution is -0.118. The maximum atomic E-state index is 13.4. The maximum Gasteiger partial charge on any atom is 0.240 e. The van der Waals surface area contributed by atoms with E-state index in [-0.39, 0.29) is 23.6 Å². The lowest BCUT2D eigenvalue weighted by Gasteiger charge is -2.22. The van der Waals surface area contributed by atoms with E-state index < -0.39 is 15.4 Å². The van der Waals surface area contributed by atoms with Gasteiger partial charge in [0.05, 0.1) is 10.3 Å². The van der Waals surface area contributed by atoms with Crippen LogP contribution in [0.25, 0.3) is 11.1 Å². The summed E-state index contributed by atoms with van der Waals surface area (Å²) < 4.78 is 39.6. The van der Waals surface area contributed by atoms with Crippen LogP contribution in [-0.4, -0.2) is 27.2 Å². The Balaban J connectivity index is 1.19. The summed E-state index contributed by atoms with van der Waals surface area (Å²) >= 11 is 0. The van der Waals surface area contributed by atoms with Gasteiger partial charge in [-0.2, -0.15) is 0 Å². The number of fused-ring (bicyclic) bond motifs is 1. The number of aryl methyl sites for hydroxylation is 1. The molecule has 0 saturated heterocycles. The van der Waals surface area contributed by atoms with E-state index in [1.807, 2.05) is 55.5 Å². The summed E-state index contributed by atoms with van der Waals surface area (Å²) in [6, 6.07) is 18.5. The molecule has 2 aliphatic carbocycles. The third-order valence-corrected chi connectivity index (χ3v) is 9.54. The molecule has 1 amide bonds. The molecule has 7 nitrogen and oxygen atoms in total. The topological polar surface area (TPSA) is 93.7 Å². The molecular formula is C30H32N2O5S. The highest BCUT2D eigenvalue weighted by atomic mass is 32.2. The average molecular weight is 533 g/mol. The summed E-state index contributed by atoms with van der Waals surface area (Å²) in [7, 11) is -3.56. The molecule has 2 N–H and O–H groups in total. The van der Waals surface area contributed by atoms with E-state index in [2.05, 4.69) is 10.0 Å². The highest BCUT2D eigenvalue weighted by Gasteiger charge is 2.51. The zero-order valence-electron chi connectivity index (χ0n) is 21.5. The molecule has 1 aliphatic heterocycles. The van der Waals surface area contributed by atoms with Crippen molar-refractivity contribution in [3.8, 4) is 22.6 Å². The molecule has 2 saturated carbocycles. The SMILES string of the molecule is Cc1ccc(NC(=O)C2(c3ccc4c(c3)OCO4)CC2)cc1-c1ccc(S(=O)(=O)NC2CCCCC2)cc1.